The van der Waals surface area contributed by atoms with E-state index in [-0.39, 0.29) is 46.4 Å². The molecule has 0 aliphatic heterocycles. The molecule has 0 aliphatic carbocycles. The molecule has 12 nitrogen and oxygen atoms in total. The van der Waals surface area contributed by atoms with Gasteiger partial charge in [0.15, 0.2) is 5.69 Å². The number of fused-ring (bicyclic) bond motifs is 1. The van der Waals surface area contributed by atoms with Gasteiger partial charge in [-0.3, -0.25) is 24.9 Å². The number of nitro groups is 2. The Labute approximate surface area is 229 Å². The molecule has 3 aromatic carbocycles. The third-order valence-electron chi connectivity index (χ3n) is 4.66. The van der Waals surface area contributed by atoms with Gasteiger partial charge in [-0.15, -0.1) is 0 Å². The number of anilines is 4. The van der Waals surface area contributed by atoms with Gasteiger partial charge in [0.25, 0.3) is 5.52 Å². The summed E-state index contributed by atoms with van der Waals surface area (Å²) >= 11 is 36.6. The van der Waals surface area contributed by atoms with Crippen molar-refractivity contribution in [1.82, 2.24) is 5.16 Å². The predicted octanol–water partition coefficient (Wildman–Crippen LogP) is 7.69. The van der Waals surface area contributed by atoms with Gasteiger partial charge < -0.3 is 15.8 Å². The monoisotopic (exact) mass is 612 g/mol. The van der Waals surface area contributed by atoms with Gasteiger partial charge in [-0.25, -0.2) is 0 Å². The number of nitro benzene ring substituents is 2. The fourth-order valence-corrected chi connectivity index (χ4v) is 5.07. The molecule has 2 N–H and O–H groups in total. The van der Waals surface area contributed by atoms with Gasteiger partial charge >= 0.3 is 16.9 Å². The molecule has 4 rings (SSSR count). The molecule has 0 unspecified atom stereocenters. The molecule has 0 bridgehead atoms. The first-order chi connectivity index (χ1) is 16.9. The molecule has 1 aromatic heterocycles. The Morgan fingerprint density at radius 2 is 1.14 bits per heavy atom. The quantitative estimate of drug-likeness (QED) is 0.126. The van der Waals surface area contributed by atoms with Crippen molar-refractivity contribution in [2.75, 3.05) is 10.6 Å². The van der Waals surface area contributed by atoms with Crippen molar-refractivity contribution >= 4 is 115 Å². The second-order valence-corrected chi connectivity index (χ2v) is 9.33. The number of benzene rings is 3. The molecule has 0 aliphatic rings. The highest BCUT2D eigenvalue weighted by atomic mass is 35.5. The van der Waals surface area contributed by atoms with Gasteiger partial charge in [0.05, 0.1) is 46.5 Å². The smallest absolute Gasteiger partial charge is 0.357 e. The first-order valence-electron chi connectivity index (χ1n) is 9.12. The normalized spacial score (nSPS) is 11.1. The van der Waals surface area contributed by atoms with Crippen LogP contribution >= 0.6 is 69.6 Å². The predicted molar refractivity (Wildman–Crippen MR) is 136 cm³/mol. The van der Waals surface area contributed by atoms with Crippen molar-refractivity contribution in [3.05, 3.63) is 79.8 Å². The molecule has 0 atom stereocenters. The molecule has 36 heavy (non-hydrogen) atoms. The average molecular weight is 615 g/mol. The summed E-state index contributed by atoms with van der Waals surface area (Å²) < 4.78 is 4.53. The number of hydrogen-bond acceptors (Lipinski definition) is 9. The van der Waals surface area contributed by atoms with Gasteiger partial charge in [-0.1, -0.05) is 69.6 Å². The van der Waals surface area contributed by atoms with E-state index in [9.17, 15) is 25.4 Å². The first-order valence-corrected chi connectivity index (χ1v) is 11.4. The number of nitrogens with zero attached hydrogens (tertiary/aromatic N) is 4. The molecule has 1 heterocycles. The molecule has 0 fully saturated rings. The van der Waals surface area contributed by atoms with Crippen LogP contribution in [0.25, 0.3) is 11.0 Å². The largest absolute Gasteiger partial charge is 0.359 e. The highest BCUT2D eigenvalue weighted by Crippen LogP contribution is 2.50. The highest BCUT2D eigenvalue weighted by Gasteiger charge is 2.41. The molecule has 0 spiro atoms. The van der Waals surface area contributed by atoms with E-state index < -0.39 is 43.6 Å². The van der Waals surface area contributed by atoms with Crippen LogP contribution in [0.15, 0.2) is 28.9 Å². The average Bonchev–Trinajstić information content (AvgIpc) is 3.13. The number of aromatic nitrogens is 2. The Morgan fingerprint density at radius 1 is 0.722 bits per heavy atom. The maximum Gasteiger partial charge on any atom is 0.357 e. The van der Waals surface area contributed by atoms with E-state index in [1.54, 1.807) is 0 Å². The Kier molecular flexibility index (Phi) is 7.10. The Balaban J connectivity index is 2.11. The molecular weight excluding hydrogens is 609 g/mol. The molecule has 0 saturated carbocycles. The summed E-state index contributed by atoms with van der Waals surface area (Å²) in [6, 6.07) is 5.05. The number of halogens is 6. The van der Waals surface area contributed by atoms with Gasteiger partial charge in [-0.2, -0.15) is 0 Å². The topological polar surface area (TPSA) is 163 Å². The van der Waals surface area contributed by atoms with Crippen LogP contribution < -0.4 is 15.5 Å². The lowest BCUT2D eigenvalue weighted by Gasteiger charge is -2.15. The van der Waals surface area contributed by atoms with Crippen LogP contribution in [-0.4, -0.2) is 15.0 Å². The molecule has 186 valence electrons. The van der Waals surface area contributed by atoms with Crippen LogP contribution in [0.1, 0.15) is 0 Å². The van der Waals surface area contributed by atoms with Crippen LogP contribution in [0, 0.1) is 25.4 Å². The fraction of sp³-hybridized carbons (Fsp3) is 0. The lowest BCUT2D eigenvalue weighted by molar-refractivity contribution is -0.782. The maximum absolute atomic E-state index is 12.4. The van der Waals surface area contributed by atoms with Gasteiger partial charge in [0.2, 0.25) is 5.69 Å². The highest BCUT2D eigenvalue weighted by molar-refractivity contribution is 6.43. The molecule has 0 amide bonds. The molecule has 0 saturated heterocycles. The van der Waals surface area contributed by atoms with Crippen LogP contribution in [0.3, 0.4) is 0 Å². The zero-order chi connectivity index (χ0) is 26.5. The summed E-state index contributed by atoms with van der Waals surface area (Å²) in [5, 5.41) is 45.1. The van der Waals surface area contributed by atoms with E-state index in [1.807, 2.05) is 0 Å². The summed E-state index contributed by atoms with van der Waals surface area (Å²) in [6.45, 7) is 0. The summed E-state index contributed by atoms with van der Waals surface area (Å²) in [7, 11) is 0. The van der Waals surface area contributed by atoms with Crippen molar-refractivity contribution in [3.63, 3.8) is 0 Å². The van der Waals surface area contributed by atoms with Gasteiger partial charge in [-0.05, 0) is 29.2 Å². The molecule has 0 radical (unpaired) electrons. The van der Waals surface area contributed by atoms with Crippen molar-refractivity contribution in [2.45, 2.75) is 0 Å². The first kappa shape index (κ1) is 26.1. The van der Waals surface area contributed by atoms with E-state index in [4.69, 9.17) is 69.6 Å². The molecule has 18 heteroatoms. The zero-order valence-electron chi connectivity index (χ0n) is 16.8. The second kappa shape index (κ2) is 9.81. The third kappa shape index (κ3) is 4.59. The van der Waals surface area contributed by atoms with E-state index in [0.717, 1.165) is 0 Å². The third-order valence-corrected chi connectivity index (χ3v) is 6.29. The van der Waals surface area contributed by atoms with Crippen molar-refractivity contribution < 1.29 is 19.4 Å². The second-order valence-electron chi connectivity index (χ2n) is 6.83. The molecule has 4 aromatic rings. The molecular formula is C18H6Cl6N6O6. The minimum absolute atomic E-state index is 0.0829. The lowest BCUT2D eigenvalue weighted by Crippen LogP contribution is -2.24. The maximum atomic E-state index is 12.4. The fourth-order valence-electron chi connectivity index (χ4n) is 3.25. The number of nitrogens with one attached hydrogen (secondary N) is 2. The minimum Gasteiger partial charge on any atom is -0.359 e. The standard InChI is InChI=1S/C18H6Cl6N6O6/c19-5-1-7(21)11(8(22)2-5)25-13-16(28(31)32)14(26-12-9(23)3-6(20)4-10(12)24)18-15(17(13)29(33)34)27-36-30(18)35/h1-4,25-26H. The summed E-state index contributed by atoms with van der Waals surface area (Å²) in [4.78, 5) is 22.1. The minimum atomic E-state index is -0.996. The van der Waals surface area contributed by atoms with E-state index in [0.29, 0.717) is 0 Å². The summed E-state index contributed by atoms with van der Waals surface area (Å²) in [5.74, 6) is 0. The zero-order valence-corrected chi connectivity index (χ0v) is 21.4. The summed E-state index contributed by atoms with van der Waals surface area (Å²) in [6.07, 6.45) is 0. The van der Waals surface area contributed by atoms with Crippen LogP contribution in [0.2, 0.25) is 30.1 Å². The summed E-state index contributed by atoms with van der Waals surface area (Å²) in [5.41, 5.74) is -4.87. The number of hydrogen-bond donors (Lipinski definition) is 2. The van der Waals surface area contributed by atoms with Crippen LogP contribution in [-0.2, 0) is 0 Å². The van der Waals surface area contributed by atoms with E-state index in [2.05, 4.69) is 20.4 Å². The van der Waals surface area contributed by atoms with Gasteiger partial charge in [0.1, 0.15) is 0 Å². The van der Waals surface area contributed by atoms with E-state index >= 15 is 0 Å². The SMILES string of the molecule is O=[N+]([O-])c1c(Nc2c(Cl)cc(Cl)cc2Cl)c([N+](=O)[O-])c2no[n+]([O-])c2c1Nc1c(Cl)cc(Cl)cc1Cl. The van der Waals surface area contributed by atoms with Crippen LogP contribution in [0.5, 0.6) is 0 Å². The van der Waals surface area contributed by atoms with E-state index in [1.165, 1.54) is 24.3 Å². The Hall–Kier alpha value is -3.00. The Morgan fingerprint density at radius 3 is 1.56 bits per heavy atom. The van der Waals surface area contributed by atoms with Crippen molar-refractivity contribution in [2.24, 2.45) is 0 Å². The van der Waals surface area contributed by atoms with Crippen molar-refractivity contribution in [1.29, 1.82) is 0 Å². The van der Waals surface area contributed by atoms with Gasteiger partial charge in [0, 0.05) is 10.0 Å². The van der Waals surface area contributed by atoms with Crippen LogP contribution in [0.4, 0.5) is 34.1 Å². The Bertz CT molecular complexity index is 1550. The lowest BCUT2D eigenvalue weighted by atomic mass is 10.1. The van der Waals surface area contributed by atoms with Crippen molar-refractivity contribution in [3.8, 4) is 0 Å². The number of rotatable bonds is 6.